The lowest BCUT2D eigenvalue weighted by atomic mass is 10.1. The van der Waals surface area contributed by atoms with Crippen LogP contribution in [0.3, 0.4) is 0 Å². The molecule has 19 heavy (non-hydrogen) atoms. The van der Waals surface area contributed by atoms with Gasteiger partial charge in [-0.15, -0.1) is 11.3 Å². The van der Waals surface area contributed by atoms with E-state index < -0.39 is 0 Å². The molecule has 0 fully saturated rings. The van der Waals surface area contributed by atoms with Crippen molar-refractivity contribution in [2.45, 2.75) is 33.2 Å². The average Bonchev–Trinajstić information content (AvgIpc) is 2.70. The molecule has 5 heteroatoms. The first kappa shape index (κ1) is 13.9. The number of carbonyl (C=O) groups excluding carboxylic acids is 1. The maximum absolute atomic E-state index is 13.1. The number of nitrogens with one attached hydrogen (secondary N) is 1. The van der Waals surface area contributed by atoms with Gasteiger partial charge < -0.3 is 5.32 Å². The molecule has 1 amide bonds. The number of thiazole rings is 1. The van der Waals surface area contributed by atoms with Gasteiger partial charge in [0.05, 0.1) is 16.3 Å². The molecule has 1 N–H and O–H groups in total. The summed E-state index contributed by atoms with van der Waals surface area (Å²) in [5.74, 6) is 0.0868. The monoisotopic (exact) mass is 280 g/mol. The van der Waals surface area contributed by atoms with Gasteiger partial charge in [-0.3, -0.25) is 4.79 Å². The van der Waals surface area contributed by atoms with Crippen LogP contribution in [0.15, 0.2) is 18.2 Å². The Hall–Kier alpha value is -1.49. The summed E-state index contributed by atoms with van der Waals surface area (Å²) in [6, 6.07) is 4.38. The van der Waals surface area contributed by atoms with E-state index in [0.717, 1.165) is 15.2 Å². The van der Waals surface area contributed by atoms with E-state index in [1.165, 1.54) is 23.5 Å². The summed E-state index contributed by atoms with van der Waals surface area (Å²) in [6.45, 7) is 5.90. The smallest absolute Gasteiger partial charge is 0.220 e. The van der Waals surface area contributed by atoms with Crippen molar-refractivity contribution in [2.24, 2.45) is 5.92 Å². The second-order valence-electron chi connectivity index (χ2n) is 5.05. The Morgan fingerprint density at radius 2 is 2.16 bits per heavy atom. The molecule has 0 saturated heterocycles. The number of halogens is 1. The van der Waals surface area contributed by atoms with E-state index in [0.29, 0.717) is 12.3 Å². The molecule has 2 aromatic rings. The lowest BCUT2D eigenvalue weighted by Gasteiger charge is -2.12. The number of rotatable bonds is 4. The molecule has 1 aromatic heterocycles. The Kier molecular flexibility index (Phi) is 4.14. The highest BCUT2D eigenvalue weighted by atomic mass is 32.1. The maximum Gasteiger partial charge on any atom is 0.220 e. The van der Waals surface area contributed by atoms with Crippen LogP contribution in [0.5, 0.6) is 0 Å². The fraction of sp³-hybridized carbons (Fsp3) is 0.429. The zero-order valence-electron chi connectivity index (χ0n) is 11.2. The van der Waals surface area contributed by atoms with E-state index in [4.69, 9.17) is 0 Å². The Balaban J connectivity index is 2.13. The second kappa shape index (κ2) is 5.65. The minimum absolute atomic E-state index is 0.0212. The van der Waals surface area contributed by atoms with Gasteiger partial charge in [0.1, 0.15) is 10.8 Å². The van der Waals surface area contributed by atoms with Crippen LogP contribution in [-0.2, 0) is 4.79 Å². The molecule has 0 radical (unpaired) electrons. The number of aromatic nitrogens is 1. The van der Waals surface area contributed by atoms with E-state index in [-0.39, 0.29) is 17.8 Å². The van der Waals surface area contributed by atoms with Crippen LogP contribution in [0.2, 0.25) is 0 Å². The fourth-order valence-electron chi connectivity index (χ4n) is 1.83. The molecular weight excluding hydrogens is 263 g/mol. The van der Waals surface area contributed by atoms with Gasteiger partial charge in [0.15, 0.2) is 0 Å². The summed E-state index contributed by atoms with van der Waals surface area (Å²) >= 11 is 1.41. The highest BCUT2D eigenvalue weighted by Crippen LogP contribution is 2.27. The third-order valence-corrected chi connectivity index (χ3v) is 3.91. The summed E-state index contributed by atoms with van der Waals surface area (Å²) in [6.07, 6.45) is 0.504. The van der Waals surface area contributed by atoms with Crippen molar-refractivity contribution in [1.29, 1.82) is 0 Å². The van der Waals surface area contributed by atoms with Crippen LogP contribution in [0, 0.1) is 11.7 Å². The number of nitrogens with zero attached hydrogens (tertiary/aromatic N) is 1. The molecule has 102 valence electrons. The Bertz CT molecular complexity index is 594. The average molecular weight is 280 g/mol. The van der Waals surface area contributed by atoms with Crippen LogP contribution in [0.4, 0.5) is 4.39 Å². The minimum Gasteiger partial charge on any atom is -0.347 e. The van der Waals surface area contributed by atoms with Crippen molar-refractivity contribution >= 4 is 27.5 Å². The molecular formula is C14H17FN2OS. The molecule has 3 nitrogen and oxygen atoms in total. The zero-order valence-corrected chi connectivity index (χ0v) is 12.1. The molecule has 1 atom stereocenters. The number of fused-ring (bicyclic) bond motifs is 1. The lowest BCUT2D eigenvalue weighted by Crippen LogP contribution is -2.27. The first-order chi connectivity index (χ1) is 8.95. The third-order valence-electron chi connectivity index (χ3n) is 2.71. The van der Waals surface area contributed by atoms with E-state index in [2.05, 4.69) is 10.3 Å². The molecule has 0 spiro atoms. The van der Waals surface area contributed by atoms with Crippen LogP contribution >= 0.6 is 11.3 Å². The van der Waals surface area contributed by atoms with Gasteiger partial charge >= 0.3 is 0 Å². The van der Waals surface area contributed by atoms with E-state index >= 15 is 0 Å². The number of hydrogen-bond donors (Lipinski definition) is 1. The highest BCUT2D eigenvalue weighted by Gasteiger charge is 2.15. The molecule has 0 saturated carbocycles. The van der Waals surface area contributed by atoms with Crippen molar-refractivity contribution in [3.8, 4) is 0 Å². The van der Waals surface area contributed by atoms with Crippen molar-refractivity contribution in [1.82, 2.24) is 10.3 Å². The molecule has 0 aliphatic heterocycles. The molecule has 0 aliphatic rings. The van der Waals surface area contributed by atoms with Crippen LogP contribution in [0.1, 0.15) is 38.2 Å². The summed E-state index contributed by atoms with van der Waals surface area (Å²) in [5, 5.41) is 3.72. The van der Waals surface area contributed by atoms with E-state index in [9.17, 15) is 9.18 Å². The standard InChI is InChI=1S/C14H17FN2OS/c1-8(2)6-13(18)16-9(3)14-17-11-5-4-10(15)7-12(11)19-14/h4-5,7-9H,6H2,1-3H3,(H,16,18). The fourth-order valence-corrected chi connectivity index (χ4v) is 2.83. The first-order valence-electron chi connectivity index (χ1n) is 6.31. The number of hydrogen-bond acceptors (Lipinski definition) is 3. The van der Waals surface area contributed by atoms with Gasteiger partial charge in [-0.2, -0.15) is 0 Å². The van der Waals surface area contributed by atoms with Crippen LogP contribution < -0.4 is 5.32 Å². The number of carbonyl (C=O) groups is 1. The summed E-state index contributed by atoms with van der Waals surface area (Å²) in [5.41, 5.74) is 0.770. The SMILES string of the molecule is CC(C)CC(=O)NC(C)c1nc2ccc(F)cc2s1. The molecule has 1 heterocycles. The van der Waals surface area contributed by atoms with Gasteiger partial charge in [-0.05, 0) is 31.0 Å². The van der Waals surface area contributed by atoms with Gasteiger partial charge in [0.25, 0.3) is 0 Å². The largest absolute Gasteiger partial charge is 0.347 e. The predicted molar refractivity (Wildman–Crippen MR) is 75.6 cm³/mol. The van der Waals surface area contributed by atoms with Crippen molar-refractivity contribution in [3.05, 3.63) is 29.0 Å². The Morgan fingerprint density at radius 1 is 1.42 bits per heavy atom. The van der Waals surface area contributed by atoms with E-state index in [1.807, 2.05) is 20.8 Å². The topological polar surface area (TPSA) is 42.0 Å². The molecule has 0 aliphatic carbocycles. The molecule has 0 bridgehead atoms. The summed E-state index contributed by atoms with van der Waals surface area (Å²) in [4.78, 5) is 16.1. The molecule has 1 aromatic carbocycles. The highest BCUT2D eigenvalue weighted by molar-refractivity contribution is 7.18. The minimum atomic E-state index is -0.265. The summed E-state index contributed by atoms with van der Waals surface area (Å²) in [7, 11) is 0. The maximum atomic E-state index is 13.1. The molecule has 2 rings (SSSR count). The Morgan fingerprint density at radius 3 is 2.84 bits per heavy atom. The first-order valence-corrected chi connectivity index (χ1v) is 7.12. The quantitative estimate of drug-likeness (QED) is 0.928. The third kappa shape index (κ3) is 3.50. The van der Waals surface area contributed by atoms with Gasteiger partial charge in [0.2, 0.25) is 5.91 Å². The van der Waals surface area contributed by atoms with Crippen molar-refractivity contribution in [2.75, 3.05) is 0 Å². The number of benzene rings is 1. The van der Waals surface area contributed by atoms with Crippen molar-refractivity contribution in [3.63, 3.8) is 0 Å². The summed E-state index contributed by atoms with van der Waals surface area (Å²) < 4.78 is 13.9. The normalized spacial score (nSPS) is 12.9. The second-order valence-corrected chi connectivity index (χ2v) is 6.11. The van der Waals surface area contributed by atoms with Crippen LogP contribution in [-0.4, -0.2) is 10.9 Å². The van der Waals surface area contributed by atoms with Crippen molar-refractivity contribution < 1.29 is 9.18 Å². The van der Waals surface area contributed by atoms with Gasteiger partial charge in [-0.1, -0.05) is 13.8 Å². The predicted octanol–water partition coefficient (Wildman–Crippen LogP) is 3.66. The van der Waals surface area contributed by atoms with Crippen LogP contribution in [0.25, 0.3) is 10.2 Å². The zero-order chi connectivity index (χ0) is 14.0. The Labute approximate surface area is 115 Å². The lowest BCUT2D eigenvalue weighted by molar-refractivity contribution is -0.122. The molecule has 1 unspecified atom stereocenters. The van der Waals surface area contributed by atoms with Gasteiger partial charge in [0, 0.05) is 6.42 Å². The van der Waals surface area contributed by atoms with E-state index in [1.54, 1.807) is 6.07 Å². The van der Waals surface area contributed by atoms with Gasteiger partial charge in [-0.25, -0.2) is 9.37 Å². The number of amides is 1.